The number of halogens is 3. The van der Waals surface area contributed by atoms with Crippen LogP contribution >= 0.6 is 47.0 Å². The fourth-order valence-electron chi connectivity index (χ4n) is 2.50. The van der Waals surface area contributed by atoms with Gasteiger partial charge in [-0.15, -0.1) is 0 Å². The molecular formula is C18H14Cl3NO3S. The van der Waals surface area contributed by atoms with E-state index in [1.807, 2.05) is 4.90 Å². The zero-order chi connectivity index (χ0) is 18.7. The van der Waals surface area contributed by atoms with E-state index in [4.69, 9.17) is 56.5 Å². The number of carbonyl (C=O) groups is 1. The monoisotopic (exact) mass is 429 g/mol. The summed E-state index contributed by atoms with van der Waals surface area (Å²) in [7, 11) is 0. The second kappa shape index (κ2) is 8.55. The maximum Gasteiger partial charge on any atom is 0.345 e. The summed E-state index contributed by atoms with van der Waals surface area (Å²) in [5.74, 6) is -0.308. The van der Waals surface area contributed by atoms with Crippen molar-refractivity contribution in [1.82, 2.24) is 4.90 Å². The lowest BCUT2D eigenvalue weighted by atomic mass is 10.1. The standard InChI is InChI=1S/C18H14Cl3NO3S/c19-11-1-3-15(21)13(9-11)18(23)25-16-4-2-12(20)10-14(16)17(26)22-5-7-24-8-6-22/h1-4,9-10H,5-8H2. The Kier molecular flexibility index (Phi) is 6.37. The maximum atomic E-state index is 12.5. The van der Waals surface area contributed by atoms with Crippen LogP contribution in [0.1, 0.15) is 15.9 Å². The van der Waals surface area contributed by atoms with Gasteiger partial charge in [0.2, 0.25) is 0 Å². The minimum atomic E-state index is -0.620. The first kappa shape index (κ1) is 19.4. The molecule has 1 aliphatic rings. The summed E-state index contributed by atoms with van der Waals surface area (Å²) in [4.78, 5) is 15.1. The zero-order valence-corrected chi connectivity index (χ0v) is 16.6. The molecule has 0 amide bonds. The van der Waals surface area contributed by atoms with Crippen molar-refractivity contribution in [2.24, 2.45) is 0 Å². The van der Waals surface area contributed by atoms with Crippen molar-refractivity contribution < 1.29 is 14.3 Å². The van der Waals surface area contributed by atoms with Crippen molar-refractivity contribution in [2.75, 3.05) is 26.3 Å². The van der Waals surface area contributed by atoms with Crippen molar-refractivity contribution in [3.05, 3.63) is 62.6 Å². The van der Waals surface area contributed by atoms with E-state index in [9.17, 15) is 4.79 Å². The summed E-state index contributed by atoms with van der Waals surface area (Å²) in [6.45, 7) is 2.51. The molecule has 0 bridgehead atoms. The summed E-state index contributed by atoms with van der Waals surface area (Å²) < 4.78 is 10.9. The van der Waals surface area contributed by atoms with Gasteiger partial charge < -0.3 is 14.4 Å². The normalized spacial score (nSPS) is 14.2. The summed E-state index contributed by atoms with van der Waals surface area (Å²) >= 11 is 23.7. The molecule has 0 radical (unpaired) electrons. The average molecular weight is 431 g/mol. The molecule has 0 N–H and O–H groups in total. The molecule has 136 valence electrons. The first-order chi connectivity index (χ1) is 12.5. The number of nitrogens with zero attached hydrogens (tertiary/aromatic N) is 1. The Hall–Kier alpha value is -1.37. The van der Waals surface area contributed by atoms with E-state index < -0.39 is 5.97 Å². The number of hydrogen-bond donors (Lipinski definition) is 0. The number of ether oxygens (including phenoxy) is 2. The third kappa shape index (κ3) is 4.48. The Labute approximate surface area is 171 Å². The Balaban J connectivity index is 1.89. The van der Waals surface area contributed by atoms with Crippen LogP contribution in [-0.4, -0.2) is 42.2 Å². The van der Waals surface area contributed by atoms with Gasteiger partial charge in [0.05, 0.1) is 29.4 Å². The van der Waals surface area contributed by atoms with Gasteiger partial charge >= 0.3 is 5.97 Å². The lowest BCUT2D eigenvalue weighted by molar-refractivity contribution is 0.0687. The minimum Gasteiger partial charge on any atom is -0.422 e. The van der Waals surface area contributed by atoms with E-state index in [-0.39, 0.29) is 10.6 Å². The van der Waals surface area contributed by atoms with Crippen LogP contribution in [0.25, 0.3) is 0 Å². The Morgan fingerprint density at radius 2 is 1.62 bits per heavy atom. The number of hydrogen-bond acceptors (Lipinski definition) is 4. The van der Waals surface area contributed by atoms with Gasteiger partial charge in [-0.2, -0.15) is 0 Å². The number of thiocarbonyl (C=S) groups is 1. The van der Waals surface area contributed by atoms with Gasteiger partial charge in [0.25, 0.3) is 0 Å². The molecule has 0 atom stereocenters. The Bertz CT molecular complexity index is 854. The highest BCUT2D eigenvalue weighted by atomic mass is 35.5. The third-order valence-electron chi connectivity index (χ3n) is 3.82. The van der Waals surface area contributed by atoms with E-state index >= 15 is 0 Å². The van der Waals surface area contributed by atoms with E-state index in [1.54, 1.807) is 30.3 Å². The first-order valence-corrected chi connectivity index (χ1v) is 9.34. The van der Waals surface area contributed by atoms with Crippen LogP contribution in [-0.2, 0) is 4.74 Å². The molecule has 4 nitrogen and oxygen atoms in total. The van der Waals surface area contributed by atoms with Gasteiger partial charge in [0.1, 0.15) is 10.7 Å². The molecule has 1 saturated heterocycles. The number of carbonyl (C=O) groups excluding carboxylic acids is 1. The smallest absolute Gasteiger partial charge is 0.345 e. The van der Waals surface area contributed by atoms with Crippen LogP contribution in [0, 0.1) is 0 Å². The van der Waals surface area contributed by atoms with Gasteiger partial charge in [-0.05, 0) is 36.4 Å². The molecule has 0 spiro atoms. The van der Waals surface area contributed by atoms with Crippen molar-refractivity contribution >= 4 is 58.0 Å². The predicted molar refractivity (Wildman–Crippen MR) is 107 cm³/mol. The molecule has 0 saturated carbocycles. The van der Waals surface area contributed by atoms with Crippen LogP contribution in [0.3, 0.4) is 0 Å². The van der Waals surface area contributed by atoms with Crippen molar-refractivity contribution in [2.45, 2.75) is 0 Å². The maximum absolute atomic E-state index is 12.5. The van der Waals surface area contributed by atoms with Crippen molar-refractivity contribution in [3.8, 4) is 5.75 Å². The third-order valence-corrected chi connectivity index (χ3v) is 5.10. The number of esters is 1. The number of benzene rings is 2. The fourth-order valence-corrected chi connectivity index (χ4v) is 3.38. The second-order valence-electron chi connectivity index (χ2n) is 5.56. The molecule has 1 heterocycles. The molecular weight excluding hydrogens is 417 g/mol. The quantitative estimate of drug-likeness (QED) is 0.394. The summed E-state index contributed by atoms with van der Waals surface area (Å²) in [6, 6.07) is 9.53. The topological polar surface area (TPSA) is 38.8 Å². The molecule has 26 heavy (non-hydrogen) atoms. The average Bonchev–Trinajstić information content (AvgIpc) is 2.65. The van der Waals surface area contributed by atoms with Gasteiger partial charge in [-0.1, -0.05) is 47.0 Å². The molecule has 8 heteroatoms. The molecule has 0 aromatic heterocycles. The molecule has 0 aliphatic carbocycles. The zero-order valence-electron chi connectivity index (χ0n) is 13.5. The Morgan fingerprint density at radius 1 is 1.00 bits per heavy atom. The van der Waals surface area contributed by atoms with Crippen LogP contribution in [0.15, 0.2) is 36.4 Å². The molecule has 0 unspecified atom stereocenters. The molecule has 1 aliphatic heterocycles. The molecule has 1 fully saturated rings. The van der Waals surface area contributed by atoms with Crippen LogP contribution in [0.2, 0.25) is 15.1 Å². The van der Waals surface area contributed by atoms with Crippen molar-refractivity contribution in [1.29, 1.82) is 0 Å². The van der Waals surface area contributed by atoms with E-state index in [0.29, 0.717) is 52.7 Å². The SMILES string of the molecule is O=C(Oc1ccc(Cl)cc1C(=S)N1CCOCC1)c1cc(Cl)ccc1Cl. The second-order valence-corrected chi connectivity index (χ2v) is 7.23. The van der Waals surface area contributed by atoms with E-state index in [2.05, 4.69) is 0 Å². The van der Waals surface area contributed by atoms with Crippen LogP contribution in [0.4, 0.5) is 0 Å². The number of rotatable bonds is 3. The van der Waals surface area contributed by atoms with Gasteiger partial charge in [0.15, 0.2) is 0 Å². The summed E-state index contributed by atoms with van der Waals surface area (Å²) in [5.41, 5.74) is 0.748. The fraction of sp³-hybridized carbons (Fsp3) is 0.222. The lowest BCUT2D eigenvalue weighted by Gasteiger charge is -2.29. The van der Waals surface area contributed by atoms with Gasteiger partial charge in [-0.3, -0.25) is 0 Å². The van der Waals surface area contributed by atoms with Crippen LogP contribution < -0.4 is 4.74 Å². The van der Waals surface area contributed by atoms with Crippen LogP contribution in [0.5, 0.6) is 5.75 Å². The summed E-state index contributed by atoms with van der Waals surface area (Å²) in [6.07, 6.45) is 0. The molecule has 2 aromatic carbocycles. The van der Waals surface area contributed by atoms with Gasteiger partial charge in [-0.25, -0.2) is 4.79 Å². The molecule has 3 rings (SSSR count). The molecule has 2 aromatic rings. The minimum absolute atomic E-state index is 0.178. The summed E-state index contributed by atoms with van der Waals surface area (Å²) in [5, 5.41) is 1.14. The predicted octanol–water partition coefficient (Wildman–Crippen LogP) is 4.87. The largest absolute Gasteiger partial charge is 0.422 e. The lowest BCUT2D eigenvalue weighted by Crippen LogP contribution is -2.40. The number of morpholine rings is 1. The highest BCUT2D eigenvalue weighted by Crippen LogP contribution is 2.28. The highest BCUT2D eigenvalue weighted by molar-refractivity contribution is 7.80. The van der Waals surface area contributed by atoms with Gasteiger partial charge in [0, 0.05) is 23.1 Å². The van der Waals surface area contributed by atoms with E-state index in [1.165, 1.54) is 6.07 Å². The first-order valence-electron chi connectivity index (χ1n) is 7.79. The highest BCUT2D eigenvalue weighted by Gasteiger charge is 2.21. The van der Waals surface area contributed by atoms with Crippen molar-refractivity contribution in [3.63, 3.8) is 0 Å². The Morgan fingerprint density at radius 3 is 2.31 bits per heavy atom. The van der Waals surface area contributed by atoms with E-state index in [0.717, 1.165) is 0 Å².